The number of rotatable bonds is 13. The summed E-state index contributed by atoms with van der Waals surface area (Å²) in [4.78, 5) is 48.1. The van der Waals surface area contributed by atoms with Crippen molar-refractivity contribution in [1.29, 1.82) is 0 Å². The number of amides is 4. The van der Waals surface area contributed by atoms with Crippen LogP contribution in [0.2, 0.25) is 0 Å². The van der Waals surface area contributed by atoms with Crippen molar-refractivity contribution in [2.75, 3.05) is 19.7 Å². The van der Waals surface area contributed by atoms with Crippen molar-refractivity contribution in [3.63, 3.8) is 0 Å². The summed E-state index contributed by atoms with van der Waals surface area (Å²) in [5.41, 5.74) is -0.466. The van der Waals surface area contributed by atoms with E-state index in [0.717, 1.165) is 5.56 Å². The largest absolute Gasteiger partial charge is 0.465 e. The van der Waals surface area contributed by atoms with Gasteiger partial charge in [0.15, 0.2) is 0 Å². The molecule has 1 aromatic rings. The number of benzene rings is 1. The zero-order valence-electron chi connectivity index (χ0n) is 23.1. The number of carbonyl (C=O) groups excluding carboxylic acids is 3. The van der Waals surface area contributed by atoms with Crippen LogP contribution in [0.1, 0.15) is 59.9 Å². The molecule has 0 fully saturated rings. The van der Waals surface area contributed by atoms with E-state index in [4.69, 9.17) is 19.3 Å². The molecule has 12 nitrogen and oxygen atoms in total. The first-order valence-electron chi connectivity index (χ1n) is 12.5. The van der Waals surface area contributed by atoms with Gasteiger partial charge >= 0.3 is 18.3 Å². The van der Waals surface area contributed by atoms with Crippen LogP contribution in [-0.2, 0) is 25.6 Å². The molecule has 0 aromatic heterocycles. The van der Waals surface area contributed by atoms with Gasteiger partial charge in [0.1, 0.15) is 17.2 Å². The first-order chi connectivity index (χ1) is 17.6. The summed E-state index contributed by atoms with van der Waals surface area (Å²) in [6, 6.07) is 7.55. The van der Waals surface area contributed by atoms with Gasteiger partial charge in [0, 0.05) is 19.1 Å². The van der Waals surface area contributed by atoms with E-state index in [1.165, 1.54) is 0 Å². The summed E-state index contributed by atoms with van der Waals surface area (Å²) in [6.07, 6.45) is -1.74. The van der Waals surface area contributed by atoms with Crippen molar-refractivity contribution in [2.45, 2.75) is 84.3 Å². The van der Waals surface area contributed by atoms with E-state index in [1.54, 1.807) is 41.5 Å². The van der Waals surface area contributed by atoms with Gasteiger partial charge in [0.25, 0.3) is 0 Å². The Kier molecular flexibility index (Phi) is 13.4. The molecule has 0 aliphatic heterocycles. The van der Waals surface area contributed by atoms with E-state index in [1.807, 2.05) is 30.3 Å². The van der Waals surface area contributed by atoms with Crippen LogP contribution in [0, 0.1) is 0 Å². The maximum Gasteiger partial charge on any atom is 0.407 e. The van der Waals surface area contributed by atoms with E-state index in [0.29, 0.717) is 12.8 Å². The van der Waals surface area contributed by atoms with Crippen molar-refractivity contribution in [2.24, 2.45) is 0 Å². The predicted octanol–water partition coefficient (Wildman–Crippen LogP) is 3.15. The molecule has 0 bridgehead atoms. The molecule has 38 heavy (non-hydrogen) atoms. The molecule has 0 saturated heterocycles. The fourth-order valence-electron chi connectivity index (χ4n) is 3.10. The van der Waals surface area contributed by atoms with Crippen LogP contribution in [0.25, 0.3) is 0 Å². The highest BCUT2D eigenvalue weighted by Gasteiger charge is 2.24. The van der Waals surface area contributed by atoms with E-state index in [2.05, 4.69) is 21.3 Å². The highest BCUT2D eigenvalue weighted by Crippen LogP contribution is 2.09. The molecule has 2 atom stereocenters. The normalized spacial score (nSPS) is 13.0. The standard InChI is InChI=1S/C26H42N4O8/c1-25(2,3)37-23(34)27-14-10-13-19(29-24(35)38-26(4,5)6)15-28-21(31)20(30-22(32)33)17-36-16-18-11-8-7-9-12-18/h7-9,11-12,19-20,30H,10,13-17H2,1-6H3,(H,27,34)(H,28,31)(H,29,35)(H,32,33)/t19-,20-/m0/s1. The SMILES string of the molecule is CC(C)(C)OC(=O)NCCC[C@@H](CNC(=O)[C@H](COCc1ccccc1)NC(=O)O)NC(=O)OC(C)(C)C. The molecular weight excluding hydrogens is 496 g/mol. The Bertz CT molecular complexity index is 897. The first kappa shape index (κ1) is 32.5. The summed E-state index contributed by atoms with van der Waals surface area (Å²) in [5, 5.41) is 19.3. The summed E-state index contributed by atoms with van der Waals surface area (Å²) in [6.45, 7) is 10.8. The van der Waals surface area contributed by atoms with E-state index in [-0.39, 0.29) is 26.3 Å². The Morgan fingerprint density at radius 2 is 1.47 bits per heavy atom. The number of ether oxygens (including phenoxy) is 3. The minimum Gasteiger partial charge on any atom is -0.465 e. The molecule has 0 spiro atoms. The van der Waals surface area contributed by atoms with Crippen LogP contribution in [0.4, 0.5) is 14.4 Å². The first-order valence-corrected chi connectivity index (χ1v) is 12.5. The van der Waals surface area contributed by atoms with E-state index < -0.39 is 47.5 Å². The number of hydrogen-bond donors (Lipinski definition) is 5. The van der Waals surface area contributed by atoms with Gasteiger partial charge in [-0.3, -0.25) is 4.79 Å². The van der Waals surface area contributed by atoms with Crippen LogP contribution in [-0.4, -0.2) is 72.3 Å². The summed E-state index contributed by atoms with van der Waals surface area (Å²) in [7, 11) is 0. The molecule has 12 heteroatoms. The molecular formula is C26H42N4O8. The second kappa shape index (κ2) is 15.7. The quantitative estimate of drug-likeness (QED) is 0.239. The third kappa shape index (κ3) is 16.3. The van der Waals surface area contributed by atoms with Crippen molar-refractivity contribution in [3.8, 4) is 0 Å². The van der Waals surface area contributed by atoms with E-state index >= 15 is 0 Å². The van der Waals surface area contributed by atoms with Gasteiger partial charge in [-0.2, -0.15) is 0 Å². The lowest BCUT2D eigenvalue weighted by Crippen LogP contribution is -2.52. The van der Waals surface area contributed by atoms with E-state index in [9.17, 15) is 19.2 Å². The van der Waals surface area contributed by atoms with Crippen LogP contribution < -0.4 is 21.3 Å². The predicted molar refractivity (Wildman–Crippen MR) is 141 cm³/mol. The topological polar surface area (TPSA) is 164 Å². The van der Waals surface area contributed by atoms with Gasteiger partial charge in [-0.25, -0.2) is 14.4 Å². The minimum absolute atomic E-state index is 0.000990. The molecule has 0 unspecified atom stereocenters. The smallest absolute Gasteiger partial charge is 0.407 e. The molecule has 1 rings (SSSR count). The van der Waals surface area contributed by atoms with Crippen LogP contribution in [0.15, 0.2) is 30.3 Å². The van der Waals surface area contributed by atoms with Gasteiger partial charge in [-0.05, 0) is 59.9 Å². The average Bonchev–Trinajstić information content (AvgIpc) is 2.77. The molecule has 0 radical (unpaired) electrons. The fraction of sp³-hybridized carbons (Fsp3) is 0.615. The zero-order chi connectivity index (χ0) is 28.8. The van der Waals surface area contributed by atoms with Gasteiger partial charge in [-0.15, -0.1) is 0 Å². The number of carbonyl (C=O) groups is 4. The third-order valence-electron chi connectivity index (χ3n) is 4.65. The Hall–Kier alpha value is -3.54. The lowest BCUT2D eigenvalue weighted by molar-refractivity contribution is -0.124. The van der Waals surface area contributed by atoms with Gasteiger partial charge in [-0.1, -0.05) is 30.3 Å². The average molecular weight is 539 g/mol. The minimum atomic E-state index is -1.37. The Morgan fingerprint density at radius 3 is 2.05 bits per heavy atom. The van der Waals surface area contributed by atoms with Crippen molar-refractivity contribution >= 4 is 24.2 Å². The monoisotopic (exact) mass is 538 g/mol. The highest BCUT2D eigenvalue weighted by molar-refractivity contribution is 5.85. The Morgan fingerprint density at radius 1 is 0.868 bits per heavy atom. The van der Waals surface area contributed by atoms with Gasteiger partial charge in [0.05, 0.1) is 13.2 Å². The van der Waals surface area contributed by atoms with Crippen LogP contribution in [0.5, 0.6) is 0 Å². The number of hydrogen-bond acceptors (Lipinski definition) is 7. The molecule has 214 valence electrons. The maximum atomic E-state index is 12.8. The summed E-state index contributed by atoms with van der Waals surface area (Å²) >= 11 is 0. The zero-order valence-corrected chi connectivity index (χ0v) is 23.1. The second-order valence-corrected chi connectivity index (χ2v) is 10.7. The summed E-state index contributed by atoms with van der Waals surface area (Å²) in [5.74, 6) is -0.608. The molecule has 0 saturated carbocycles. The molecule has 1 aromatic carbocycles. The Labute approximate surface area is 224 Å². The molecule has 0 aliphatic rings. The molecule has 0 heterocycles. The lowest BCUT2D eigenvalue weighted by Gasteiger charge is -2.25. The lowest BCUT2D eigenvalue weighted by atomic mass is 10.1. The van der Waals surface area contributed by atoms with Crippen LogP contribution >= 0.6 is 0 Å². The van der Waals surface area contributed by atoms with Crippen molar-refractivity contribution in [1.82, 2.24) is 21.3 Å². The Balaban J connectivity index is 2.69. The van der Waals surface area contributed by atoms with Gasteiger partial charge in [0.2, 0.25) is 5.91 Å². The fourth-order valence-corrected chi connectivity index (χ4v) is 3.10. The van der Waals surface area contributed by atoms with Gasteiger partial charge < -0.3 is 40.6 Å². The molecule has 5 N–H and O–H groups in total. The number of carboxylic acid groups (broad SMARTS) is 1. The third-order valence-corrected chi connectivity index (χ3v) is 4.65. The second-order valence-electron chi connectivity index (χ2n) is 10.7. The molecule has 0 aliphatic carbocycles. The summed E-state index contributed by atoms with van der Waals surface area (Å²) < 4.78 is 16.0. The van der Waals surface area contributed by atoms with Crippen molar-refractivity contribution < 1.29 is 38.5 Å². The number of alkyl carbamates (subject to hydrolysis) is 2. The maximum absolute atomic E-state index is 12.8. The number of nitrogens with one attached hydrogen (secondary N) is 4. The van der Waals surface area contributed by atoms with Crippen LogP contribution in [0.3, 0.4) is 0 Å². The van der Waals surface area contributed by atoms with Crippen molar-refractivity contribution in [3.05, 3.63) is 35.9 Å². The highest BCUT2D eigenvalue weighted by atomic mass is 16.6. The molecule has 4 amide bonds.